The van der Waals surface area contributed by atoms with Crippen molar-refractivity contribution in [3.8, 4) is 0 Å². The van der Waals surface area contributed by atoms with Crippen LogP contribution in [0.2, 0.25) is 0 Å². The number of carbonyl (C=O) groups excluding carboxylic acids is 1. The first-order chi connectivity index (χ1) is 7.36. The minimum Gasteiger partial charge on any atom is -0.355 e. The second kappa shape index (κ2) is 4.84. The third kappa shape index (κ3) is 2.96. The first-order valence-electron chi connectivity index (χ1n) is 4.62. The number of nitrogens with zero attached hydrogens (tertiary/aromatic N) is 2. The van der Waals surface area contributed by atoms with Crippen molar-refractivity contribution >= 4 is 25.6 Å². The summed E-state index contributed by atoms with van der Waals surface area (Å²) in [5.74, 6) is -0.210. The molecule has 1 atom stereocenters. The van der Waals surface area contributed by atoms with Crippen LogP contribution >= 0.6 is 10.7 Å². The first-order valence-corrected chi connectivity index (χ1v) is 6.93. The van der Waals surface area contributed by atoms with E-state index in [4.69, 9.17) is 10.7 Å². The van der Waals surface area contributed by atoms with E-state index in [1.807, 2.05) is 0 Å². The van der Waals surface area contributed by atoms with E-state index >= 15 is 0 Å². The van der Waals surface area contributed by atoms with Gasteiger partial charge in [-0.3, -0.25) is 4.79 Å². The van der Waals surface area contributed by atoms with E-state index in [0.29, 0.717) is 6.54 Å². The van der Waals surface area contributed by atoms with Gasteiger partial charge in [-0.05, 0) is 13.8 Å². The lowest BCUT2D eigenvalue weighted by atomic mass is 10.3. The summed E-state index contributed by atoms with van der Waals surface area (Å²) >= 11 is 0. The van der Waals surface area contributed by atoms with E-state index < -0.39 is 15.1 Å². The summed E-state index contributed by atoms with van der Waals surface area (Å²) in [4.78, 5) is 15.1. The number of aromatic nitrogens is 2. The third-order valence-corrected chi connectivity index (χ3v) is 3.19. The molecule has 1 unspecified atom stereocenters. The van der Waals surface area contributed by atoms with Gasteiger partial charge in [-0.1, -0.05) is 0 Å². The van der Waals surface area contributed by atoms with Crippen molar-refractivity contribution in [1.29, 1.82) is 0 Å². The van der Waals surface area contributed by atoms with Crippen LogP contribution in [0.15, 0.2) is 17.6 Å². The zero-order chi connectivity index (χ0) is 12.3. The topological polar surface area (TPSA) is 81.1 Å². The molecule has 1 aromatic heterocycles. The Balaban J connectivity index is 2.90. The van der Waals surface area contributed by atoms with Gasteiger partial charge in [0.2, 0.25) is 5.91 Å². The maximum Gasteiger partial charge on any atom is 0.280 e. The van der Waals surface area contributed by atoms with Crippen molar-refractivity contribution in [2.45, 2.75) is 24.9 Å². The number of hydrogen-bond donors (Lipinski definition) is 1. The Labute approximate surface area is 98.0 Å². The van der Waals surface area contributed by atoms with E-state index in [0.717, 1.165) is 0 Å². The molecule has 1 aromatic rings. The molecule has 1 N–H and O–H groups in total. The van der Waals surface area contributed by atoms with Crippen molar-refractivity contribution in [2.24, 2.45) is 0 Å². The lowest BCUT2D eigenvalue weighted by Gasteiger charge is -2.11. The molecule has 0 saturated heterocycles. The van der Waals surface area contributed by atoms with Crippen LogP contribution in [-0.4, -0.2) is 30.4 Å². The van der Waals surface area contributed by atoms with Gasteiger partial charge in [-0.25, -0.2) is 13.4 Å². The van der Waals surface area contributed by atoms with Crippen LogP contribution in [0.25, 0.3) is 0 Å². The Morgan fingerprint density at radius 2 is 2.31 bits per heavy atom. The van der Waals surface area contributed by atoms with Gasteiger partial charge < -0.3 is 9.88 Å². The zero-order valence-corrected chi connectivity index (χ0v) is 10.4. The highest BCUT2D eigenvalue weighted by Gasteiger charge is 2.18. The van der Waals surface area contributed by atoms with Gasteiger partial charge in [0.05, 0.1) is 6.33 Å². The lowest BCUT2D eigenvalue weighted by molar-refractivity contribution is -0.123. The SMILES string of the molecule is CCNC(=O)C(C)n1cnc(S(=O)(=O)Cl)c1. The monoisotopic (exact) mass is 265 g/mol. The summed E-state index contributed by atoms with van der Waals surface area (Å²) in [6.45, 7) is 3.95. The minimum absolute atomic E-state index is 0.210. The minimum atomic E-state index is -3.84. The molecule has 1 heterocycles. The molecule has 0 aliphatic carbocycles. The highest BCUT2D eigenvalue weighted by molar-refractivity contribution is 8.13. The van der Waals surface area contributed by atoms with E-state index in [9.17, 15) is 13.2 Å². The Bertz CT molecular complexity index is 482. The Morgan fingerprint density at radius 1 is 1.69 bits per heavy atom. The largest absolute Gasteiger partial charge is 0.355 e. The molecular formula is C8H12ClN3O3S. The van der Waals surface area contributed by atoms with Crippen LogP contribution < -0.4 is 5.32 Å². The molecule has 8 heteroatoms. The highest BCUT2D eigenvalue weighted by atomic mass is 35.7. The van der Waals surface area contributed by atoms with Crippen LogP contribution in [0.4, 0.5) is 0 Å². The van der Waals surface area contributed by atoms with Gasteiger partial charge in [0.25, 0.3) is 9.05 Å². The fourth-order valence-corrected chi connectivity index (χ4v) is 1.77. The standard InChI is InChI=1S/C8H12ClN3O3S/c1-3-10-8(13)6(2)12-4-7(11-5-12)16(9,14)15/h4-6H,3H2,1-2H3,(H,10,13). The van der Waals surface area contributed by atoms with E-state index in [2.05, 4.69) is 10.3 Å². The average molecular weight is 266 g/mol. The van der Waals surface area contributed by atoms with Crippen molar-refractivity contribution in [2.75, 3.05) is 6.54 Å². The van der Waals surface area contributed by atoms with Crippen LogP contribution in [0.1, 0.15) is 19.9 Å². The van der Waals surface area contributed by atoms with Crippen LogP contribution in [0, 0.1) is 0 Å². The second-order valence-corrected chi connectivity index (χ2v) is 5.68. The predicted molar refractivity (Wildman–Crippen MR) is 58.7 cm³/mol. The normalized spacial score (nSPS) is 13.4. The molecule has 6 nitrogen and oxygen atoms in total. The first kappa shape index (κ1) is 13.0. The number of imidazole rings is 1. The molecule has 16 heavy (non-hydrogen) atoms. The number of likely N-dealkylation sites (N-methyl/N-ethyl adjacent to an activating group) is 1. The molecule has 0 aliphatic rings. The van der Waals surface area contributed by atoms with Gasteiger partial charge in [0.1, 0.15) is 6.04 Å². The predicted octanol–water partition coefficient (Wildman–Crippen LogP) is 0.508. The number of nitrogens with one attached hydrogen (secondary N) is 1. The molecule has 0 fully saturated rings. The number of halogens is 1. The summed E-state index contributed by atoms with van der Waals surface area (Å²) in [6, 6.07) is -0.528. The van der Waals surface area contributed by atoms with Gasteiger partial charge >= 0.3 is 0 Å². The second-order valence-electron chi connectivity index (χ2n) is 3.17. The average Bonchev–Trinajstić information content (AvgIpc) is 2.65. The Hall–Kier alpha value is -1.08. The Morgan fingerprint density at radius 3 is 2.75 bits per heavy atom. The number of hydrogen-bond acceptors (Lipinski definition) is 4. The van der Waals surface area contributed by atoms with Crippen molar-refractivity contribution in [3.05, 3.63) is 12.5 Å². The maximum atomic E-state index is 11.5. The van der Waals surface area contributed by atoms with Gasteiger partial charge in [0.15, 0.2) is 5.03 Å². The Kier molecular flexibility index (Phi) is 3.93. The summed E-state index contributed by atoms with van der Waals surface area (Å²) in [5.41, 5.74) is 0. The molecule has 0 bridgehead atoms. The molecule has 0 aliphatic heterocycles. The van der Waals surface area contributed by atoms with E-state index in [-0.39, 0.29) is 10.9 Å². The van der Waals surface area contributed by atoms with Crippen molar-refractivity contribution in [3.63, 3.8) is 0 Å². The van der Waals surface area contributed by atoms with E-state index in [1.165, 1.54) is 17.1 Å². The number of amides is 1. The summed E-state index contributed by atoms with van der Waals surface area (Å²) in [5, 5.41) is 2.36. The number of carbonyl (C=O) groups is 1. The molecule has 1 amide bonds. The van der Waals surface area contributed by atoms with Crippen LogP contribution in [0.5, 0.6) is 0 Å². The fraction of sp³-hybridized carbons (Fsp3) is 0.500. The third-order valence-electron chi connectivity index (χ3n) is 2.01. The van der Waals surface area contributed by atoms with E-state index in [1.54, 1.807) is 13.8 Å². The molecule has 0 saturated carbocycles. The molecular weight excluding hydrogens is 254 g/mol. The maximum absolute atomic E-state index is 11.5. The molecule has 0 radical (unpaired) electrons. The summed E-state index contributed by atoms with van der Waals surface area (Å²) in [6.07, 6.45) is 2.48. The van der Waals surface area contributed by atoms with Crippen molar-refractivity contribution in [1.82, 2.24) is 14.9 Å². The fourth-order valence-electron chi connectivity index (χ4n) is 1.11. The van der Waals surface area contributed by atoms with Gasteiger partial charge in [-0.15, -0.1) is 0 Å². The quantitative estimate of drug-likeness (QED) is 0.804. The number of rotatable bonds is 4. The lowest BCUT2D eigenvalue weighted by Crippen LogP contribution is -2.30. The zero-order valence-electron chi connectivity index (χ0n) is 8.84. The van der Waals surface area contributed by atoms with Gasteiger partial charge in [-0.2, -0.15) is 0 Å². The van der Waals surface area contributed by atoms with Gasteiger partial charge in [0, 0.05) is 23.4 Å². The smallest absolute Gasteiger partial charge is 0.280 e. The summed E-state index contributed by atoms with van der Waals surface area (Å²) in [7, 11) is 1.27. The molecule has 0 aromatic carbocycles. The van der Waals surface area contributed by atoms with Crippen molar-refractivity contribution < 1.29 is 13.2 Å². The summed E-state index contributed by atoms with van der Waals surface area (Å²) < 4.78 is 23.3. The molecule has 90 valence electrons. The molecule has 1 rings (SSSR count). The van der Waals surface area contributed by atoms with Crippen LogP contribution in [-0.2, 0) is 13.8 Å². The van der Waals surface area contributed by atoms with Crippen LogP contribution in [0.3, 0.4) is 0 Å². The molecule has 0 spiro atoms. The highest BCUT2D eigenvalue weighted by Crippen LogP contribution is 2.14.